The van der Waals surface area contributed by atoms with Gasteiger partial charge in [-0.15, -0.1) is 0 Å². The molecule has 0 saturated carbocycles. The number of benzene rings is 2. The standard InChI is InChI=1S/C19H18IN3O2/c1-3-23-12-14(15-6-4-5-7-17(15)23)11-21-22-19(24)13-8-9-16(20)18(10-13)25-2/h4-12H,3H2,1-2H3,(H,22,24)/b21-11-. The fourth-order valence-electron chi connectivity index (χ4n) is 2.67. The number of carbonyl (C=O) groups is 1. The van der Waals surface area contributed by atoms with Crippen molar-refractivity contribution in [1.82, 2.24) is 9.99 Å². The molecule has 0 bridgehead atoms. The number of methoxy groups -OCH3 is 1. The Kier molecular flexibility index (Phi) is 5.37. The molecule has 0 spiro atoms. The molecular formula is C19H18IN3O2. The van der Waals surface area contributed by atoms with Crippen molar-refractivity contribution in [3.05, 3.63) is 63.4 Å². The van der Waals surface area contributed by atoms with Gasteiger partial charge in [-0.05, 0) is 53.8 Å². The summed E-state index contributed by atoms with van der Waals surface area (Å²) in [6, 6.07) is 13.4. The molecule has 1 aromatic heterocycles. The Labute approximate surface area is 159 Å². The number of nitrogens with one attached hydrogen (secondary N) is 1. The molecule has 0 unspecified atom stereocenters. The van der Waals surface area contributed by atoms with Gasteiger partial charge in [0.25, 0.3) is 5.91 Å². The fourth-order valence-corrected chi connectivity index (χ4v) is 3.22. The highest BCUT2D eigenvalue weighted by atomic mass is 127. The molecule has 25 heavy (non-hydrogen) atoms. The third-order valence-electron chi connectivity index (χ3n) is 3.94. The van der Waals surface area contributed by atoms with Crippen LogP contribution in [0, 0.1) is 3.57 Å². The Morgan fingerprint density at radius 2 is 2.12 bits per heavy atom. The summed E-state index contributed by atoms with van der Waals surface area (Å²) in [4.78, 5) is 12.3. The number of amides is 1. The molecule has 3 rings (SSSR count). The van der Waals surface area contributed by atoms with Gasteiger partial charge < -0.3 is 9.30 Å². The van der Waals surface area contributed by atoms with E-state index in [1.54, 1.807) is 25.5 Å². The summed E-state index contributed by atoms with van der Waals surface area (Å²) in [6.45, 7) is 2.97. The van der Waals surface area contributed by atoms with Crippen LogP contribution in [0.4, 0.5) is 0 Å². The Morgan fingerprint density at radius 3 is 2.88 bits per heavy atom. The lowest BCUT2D eigenvalue weighted by molar-refractivity contribution is 0.0954. The lowest BCUT2D eigenvalue weighted by Crippen LogP contribution is -2.17. The Balaban J connectivity index is 1.78. The van der Waals surface area contributed by atoms with E-state index in [0.29, 0.717) is 11.3 Å². The van der Waals surface area contributed by atoms with Crippen LogP contribution in [0.2, 0.25) is 0 Å². The van der Waals surface area contributed by atoms with Crippen molar-refractivity contribution in [3.8, 4) is 5.75 Å². The SMILES string of the molecule is CCn1cc(/C=N\NC(=O)c2ccc(I)c(OC)c2)c2ccccc21. The largest absolute Gasteiger partial charge is 0.496 e. The highest BCUT2D eigenvalue weighted by Crippen LogP contribution is 2.22. The molecule has 0 fully saturated rings. The van der Waals surface area contributed by atoms with Crippen molar-refractivity contribution in [2.24, 2.45) is 5.10 Å². The smallest absolute Gasteiger partial charge is 0.271 e. The minimum Gasteiger partial charge on any atom is -0.496 e. The zero-order valence-electron chi connectivity index (χ0n) is 14.0. The number of aryl methyl sites for hydroxylation is 1. The molecule has 5 nitrogen and oxygen atoms in total. The number of carbonyl (C=O) groups excluding carboxylic acids is 1. The molecule has 3 aromatic rings. The number of hydrazone groups is 1. The number of nitrogens with zero attached hydrogens (tertiary/aromatic N) is 2. The Hall–Kier alpha value is -2.35. The number of ether oxygens (including phenoxy) is 1. The van der Waals surface area contributed by atoms with Crippen molar-refractivity contribution in [2.75, 3.05) is 7.11 Å². The van der Waals surface area contributed by atoms with E-state index in [1.807, 2.05) is 24.4 Å². The summed E-state index contributed by atoms with van der Waals surface area (Å²) < 4.78 is 8.35. The molecule has 128 valence electrons. The molecule has 1 heterocycles. The highest BCUT2D eigenvalue weighted by molar-refractivity contribution is 14.1. The second-order valence-electron chi connectivity index (χ2n) is 5.44. The topological polar surface area (TPSA) is 55.6 Å². The zero-order valence-corrected chi connectivity index (χ0v) is 16.1. The molecule has 2 aromatic carbocycles. The number of para-hydroxylation sites is 1. The monoisotopic (exact) mass is 447 g/mol. The van der Waals surface area contributed by atoms with Crippen molar-refractivity contribution in [3.63, 3.8) is 0 Å². The van der Waals surface area contributed by atoms with E-state index in [2.05, 4.69) is 56.7 Å². The molecule has 0 aliphatic rings. The molecule has 6 heteroatoms. The van der Waals surface area contributed by atoms with Crippen LogP contribution in [-0.2, 0) is 6.54 Å². The molecule has 0 saturated heterocycles. The highest BCUT2D eigenvalue weighted by Gasteiger charge is 2.09. The van der Waals surface area contributed by atoms with E-state index in [4.69, 9.17) is 4.74 Å². The van der Waals surface area contributed by atoms with Crippen molar-refractivity contribution < 1.29 is 9.53 Å². The minimum atomic E-state index is -0.273. The maximum atomic E-state index is 12.3. The van der Waals surface area contributed by atoms with Crippen molar-refractivity contribution in [2.45, 2.75) is 13.5 Å². The quantitative estimate of drug-likeness (QED) is 0.365. The van der Waals surface area contributed by atoms with Gasteiger partial charge in [0.2, 0.25) is 0 Å². The summed E-state index contributed by atoms with van der Waals surface area (Å²) >= 11 is 2.16. The van der Waals surface area contributed by atoms with Gasteiger partial charge in [0.15, 0.2) is 0 Å². The molecule has 1 N–H and O–H groups in total. The summed E-state index contributed by atoms with van der Waals surface area (Å²) in [7, 11) is 1.58. The maximum absolute atomic E-state index is 12.3. The van der Waals surface area contributed by atoms with E-state index in [1.165, 1.54) is 0 Å². The average Bonchev–Trinajstić information content (AvgIpc) is 3.00. The first kappa shape index (κ1) is 17.5. The van der Waals surface area contributed by atoms with Crippen LogP contribution >= 0.6 is 22.6 Å². The van der Waals surface area contributed by atoms with Crippen LogP contribution in [0.15, 0.2) is 53.8 Å². The lowest BCUT2D eigenvalue weighted by atomic mass is 10.2. The van der Waals surface area contributed by atoms with E-state index >= 15 is 0 Å². The van der Waals surface area contributed by atoms with Crippen LogP contribution < -0.4 is 10.2 Å². The van der Waals surface area contributed by atoms with Crippen LogP contribution in [0.5, 0.6) is 5.75 Å². The molecule has 1 amide bonds. The third kappa shape index (κ3) is 3.68. The van der Waals surface area contributed by atoms with E-state index < -0.39 is 0 Å². The predicted octanol–water partition coefficient (Wildman–Crippen LogP) is 4.04. The number of hydrogen-bond acceptors (Lipinski definition) is 3. The van der Waals surface area contributed by atoms with E-state index in [-0.39, 0.29) is 5.91 Å². The zero-order chi connectivity index (χ0) is 17.8. The van der Waals surface area contributed by atoms with E-state index in [9.17, 15) is 4.79 Å². The van der Waals surface area contributed by atoms with Gasteiger partial charge in [-0.1, -0.05) is 18.2 Å². The first-order valence-corrected chi connectivity index (χ1v) is 8.96. The van der Waals surface area contributed by atoms with Crippen LogP contribution in [0.3, 0.4) is 0 Å². The van der Waals surface area contributed by atoms with Crippen molar-refractivity contribution in [1.29, 1.82) is 0 Å². The van der Waals surface area contributed by atoms with Crippen LogP contribution in [0.25, 0.3) is 10.9 Å². The van der Waals surface area contributed by atoms with Gasteiger partial charge in [0, 0.05) is 34.8 Å². The fraction of sp³-hybridized carbons (Fsp3) is 0.158. The second-order valence-corrected chi connectivity index (χ2v) is 6.60. The normalized spacial score (nSPS) is 11.2. The maximum Gasteiger partial charge on any atom is 0.271 e. The summed E-state index contributed by atoms with van der Waals surface area (Å²) in [5.74, 6) is 0.397. The predicted molar refractivity (Wildman–Crippen MR) is 108 cm³/mol. The Bertz CT molecular complexity index is 947. The molecule has 0 aliphatic carbocycles. The summed E-state index contributed by atoms with van der Waals surface area (Å²) in [6.07, 6.45) is 3.71. The van der Waals surface area contributed by atoms with Gasteiger partial charge in [-0.25, -0.2) is 5.43 Å². The first-order chi connectivity index (χ1) is 12.1. The summed E-state index contributed by atoms with van der Waals surface area (Å²) in [5.41, 5.74) is 5.20. The molecule has 0 radical (unpaired) electrons. The van der Waals surface area contributed by atoms with Gasteiger partial charge in [-0.3, -0.25) is 4.79 Å². The number of hydrogen-bond donors (Lipinski definition) is 1. The number of fused-ring (bicyclic) bond motifs is 1. The van der Waals surface area contributed by atoms with Crippen LogP contribution in [0.1, 0.15) is 22.8 Å². The average molecular weight is 447 g/mol. The second kappa shape index (κ2) is 7.69. The van der Waals surface area contributed by atoms with Gasteiger partial charge >= 0.3 is 0 Å². The van der Waals surface area contributed by atoms with Crippen LogP contribution in [-0.4, -0.2) is 23.8 Å². The Morgan fingerprint density at radius 1 is 1.32 bits per heavy atom. The lowest BCUT2D eigenvalue weighted by Gasteiger charge is -2.05. The minimum absolute atomic E-state index is 0.273. The molecular weight excluding hydrogens is 429 g/mol. The number of rotatable bonds is 5. The molecule has 0 atom stereocenters. The number of halogens is 1. The third-order valence-corrected chi connectivity index (χ3v) is 4.83. The number of aromatic nitrogens is 1. The van der Waals surface area contributed by atoms with Gasteiger partial charge in [0.1, 0.15) is 5.75 Å². The van der Waals surface area contributed by atoms with Gasteiger partial charge in [-0.2, -0.15) is 5.10 Å². The van der Waals surface area contributed by atoms with E-state index in [0.717, 1.165) is 26.6 Å². The first-order valence-electron chi connectivity index (χ1n) is 7.89. The van der Waals surface area contributed by atoms with Gasteiger partial charge in [0.05, 0.1) is 16.9 Å². The summed E-state index contributed by atoms with van der Waals surface area (Å²) in [5, 5.41) is 5.22. The molecule has 0 aliphatic heterocycles. The van der Waals surface area contributed by atoms with Crippen molar-refractivity contribution >= 4 is 45.6 Å².